The van der Waals surface area contributed by atoms with E-state index in [9.17, 15) is 9.18 Å². The molecule has 1 aliphatic rings. The van der Waals surface area contributed by atoms with Crippen molar-refractivity contribution in [2.24, 2.45) is 0 Å². The minimum atomic E-state index is -0.453. The average molecular weight is 340 g/mol. The van der Waals surface area contributed by atoms with Crippen LogP contribution in [0.1, 0.15) is 41.6 Å². The number of fused-ring (bicyclic) bond motifs is 2. The summed E-state index contributed by atoms with van der Waals surface area (Å²) >= 11 is 0. The molecule has 0 saturated carbocycles. The van der Waals surface area contributed by atoms with Crippen LogP contribution in [0, 0.1) is 5.82 Å². The Morgan fingerprint density at radius 1 is 0.800 bits per heavy atom. The number of carbonyl (C=O) groups excluding carboxylic acids is 1. The number of hydrogen-bond donors (Lipinski definition) is 0. The second-order valence-corrected chi connectivity index (χ2v) is 5.99. The van der Waals surface area contributed by atoms with Gasteiger partial charge in [-0.3, -0.25) is 4.79 Å². The summed E-state index contributed by atoms with van der Waals surface area (Å²) in [6.07, 6.45) is 7.07. The highest BCUT2D eigenvalue weighted by atomic mass is 19.1. The normalized spacial score (nSPS) is 17.1. The quantitative estimate of drug-likeness (QED) is 0.673. The summed E-state index contributed by atoms with van der Waals surface area (Å²) in [7, 11) is 0. The summed E-state index contributed by atoms with van der Waals surface area (Å²) in [4.78, 5) is 12.5. The number of ketones is 1. The molecule has 0 fully saturated rings. The van der Waals surface area contributed by atoms with Crippen molar-refractivity contribution < 1.29 is 18.7 Å². The lowest BCUT2D eigenvalue weighted by molar-refractivity contribution is 0.104. The highest BCUT2D eigenvalue weighted by molar-refractivity contribution is 6.08. The molecule has 0 aromatic heterocycles. The molecule has 3 nitrogen and oxygen atoms in total. The van der Waals surface area contributed by atoms with Crippen molar-refractivity contribution in [3.63, 3.8) is 0 Å². The Morgan fingerprint density at radius 2 is 1.52 bits per heavy atom. The number of allylic oxidation sites excluding steroid dienone is 1. The van der Waals surface area contributed by atoms with Crippen molar-refractivity contribution in [2.45, 2.75) is 25.7 Å². The topological polar surface area (TPSA) is 35.5 Å². The highest BCUT2D eigenvalue weighted by Gasteiger charge is 2.12. The van der Waals surface area contributed by atoms with Crippen LogP contribution in [0.25, 0.3) is 6.08 Å². The van der Waals surface area contributed by atoms with Gasteiger partial charge >= 0.3 is 0 Å². The van der Waals surface area contributed by atoms with Crippen molar-refractivity contribution in [3.05, 3.63) is 65.5 Å². The van der Waals surface area contributed by atoms with E-state index in [1.54, 1.807) is 6.08 Å². The van der Waals surface area contributed by atoms with E-state index in [2.05, 4.69) is 0 Å². The molecule has 4 heteroatoms. The predicted octanol–water partition coefficient (Wildman–Crippen LogP) is 5.05. The largest absolute Gasteiger partial charge is 0.493 e. The predicted molar refractivity (Wildman–Crippen MR) is 95.7 cm³/mol. The van der Waals surface area contributed by atoms with Gasteiger partial charge < -0.3 is 9.47 Å². The Kier molecular flexibility index (Phi) is 5.83. The minimum Gasteiger partial charge on any atom is -0.493 e. The van der Waals surface area contributed by atoms with Gasteiger partial charge in [0.1, 0.15) is 17.3 Å². The molecule has 0 unspecified atom stereocenters. The fraction of sp³-hybridized carbons (Fsp3) is 0.286. The van der Waals surface area contributed by atoms with Crippen molar-refractivity contribution in [2.75, 3.05) is 13.2 Å². The number of carbonyl (C=O) groups is 1. The van der Waals surface area contributed by atoms with Gasteiger partial charge in [0.15, 0.2) is 5.78 Å². The van der Waals surface area contributed by atoms with Gasteiger partial charge in [-0.15, -0.1) is 0 Å². The summed E-state index contributed by atoms with van der Waals surface area (Å²) in [5, 5.41) is 0. The Balaban J connectivity index is 1.92. The Bertz CT molecular complexity index is 767. The van der Waals surface area contributed by atoms with E-state index in [0.29, 0.717) is 19.0 Å². The molecule has 0 amide bonds. The molecule has 0 saturated heterocycles. The molecule has 1 aliphatic heterocycles. The summed E-state index contributed by atoms with van der Waals surface area (Å²) in [6, 6.07) is 11.6. The first-order chi connectivity index (χ1) is 12.2. The zero-order chi connectivity index (χ0) is 17.5. The molecule has 0 aliphatic carbocycles. The monoisotopic (exact) mass is 340 g/mol. The van der Waals surface area contributed by atoms with E-state index in [-0.39, 0.29) is 11.3 Å². The van der Waals surface area contributed by atoms with Crippen LogP contribution in [0.4, 0.5) is 4.39 Å². The third kappa shape index (κ3) is 4.69. The zero-order valence-corrected chi connectivity index (χ0v) is 14.0. The summed E-state index contributed by atoms with van der Waals surface area (Å²) in [5.74, 6) is 0.428. The van der Waals surface area contributed by atoms with Crippen molar-refractivity contribution in [3.8, 4) is 11.5 Å². The fourth-order valence-electron chi connectivity index (χ4n) is 2.75. The molecule has 0 radical (unpaired) electrons. The lowest BCUT2D eigenvalue weighted by Crippen LogP contribution is -2.04. The van der Waals surface area contributed by atoms with E-state index in [1.165, 1.54) is 24.3 Å². The lowest BCUT2D eigenvalue weighted by Gasteiger charge is -2.10. The molecule has 25 heavy (non-hydrogen) atoms. The maximum Gasteiger partial charge on any atom is 0.189 e. The molecule has 130 valence electrons. The molecule has 0 atom stereocenters. The second-order valence-electron chi connectivity index (χ2n) is 5.99. The summed E-state index contributed by atoms with van der Waals surface area (Å²) in [5.41, 5.74) is 1.06. The van der Waals surface area contributed by atoms with E-state index < -0.39 is 5.82 Å². The van der Waals surface area contributed by atoms with E-state index in [4.69, 9.17) is 9.47 Å². The minimum absolute atomic E-state index is 0.240. The van der Waals surface area contributed by atoms with Gasteiger partial charge in [0, 0.05) is 5.56 Å². The van der Waals surface area contributed by atoms with E-state index in [1.807, 2.05) is 24.3 Å². The third-order valence-corrected chi connectivity index (χ3v) is 4.09. The SMILES string of the molecule is O=C1/C=C\c2ccccc2OCCCCCCOc2ccc(F)cc21. The Hall–Kier alpha value is -2.62. The van der Waals surface area contributed by atoms with E-state index >= 15 is 0 Å². The van der Waals surface area contributed by atoms with Crippen LogP contribution in [0.2, 0.25) is 0 Å². The van der Waals surface area contributed by atoms with Crippen LogP contribution in [0.15, 0.2) is 48.5 Å². The van der Waals surface area contributed by atoms with Gasteiger partial charge in [-0.2, -0.15) is 0 Å². The maximum absolute atomic E-state index is 13.6. The summed E-state index contributed by atoms with van der Waals surface area (Å²) in [6.45, 7) is 1.15. The first-order valence-electron chi connectivity index (χ1n) is 8.60. The van der Waals surface area contributed by atoms with Gasteiger partial charge in [-0.05, 0) is 62.1 Å². The Morgan fingerprint density at radius 3 is 2.32 bits per heavy atom. The Labute approximate surface area is 147 Å². The van der Waals surface area contributed by atoms with Crippen molar-refractivity contribution in [1.82, 2.24) is 0 Å². The second kappa shape index (κ2) is 8.47. The summed E-state index contributed by atoms with van der Waals surface area (Å²) < 4.78 is 25.1. The number of halogens is 1. The van der Waals surface area contributed by atoms with Gasteiger partial charge in [0.2, 0.25) is 0 Å². The van der Waals surface area contributed by atoms with Crippen molar-refractivity contribution >= 4 is 11.9 Å². The molecule has 1 heterocycles. The first-order valence-corrected chi connectivity index (χ1v) is 8.60. The van der Waals surface area contributed by atoms with Crippen LogP contribution in [-0.2, 0) is 0 Å². The first kappa shape index (κ1) is 17.2. The average Bonchev–Trinajstić information content (AvgIpc) is 2.63. The number of benzene rings is 2. The molecule has 3 rings (SSSR count). The number of hydrogen-bond acceptors (Lipinski definition) is 3. The van der Waals surface area contributed by atoms with Crippen LogP contribution in [0.5, 0.6) is 11.5 Å². The number of ether oxygens (including phenoxy) is 2. The maximum atomic E-state index is 13.6. The molecule has 2 aromatic carbocycles. The zero-order valence-electron chi connectivity index (χ0n) is 14.0. The number of para-hydroxylation sites is 1. The molecule has 0 N–H and O–H groups in total. The number of rotatable bonds is 0. The molecular weight excluding hydrogens is 319 g/mol. The van der Waals surface area contributed by atoms with Gasteiger partial charge in [0.05, 0.1) is 18.8 Å². The smallest absolute Gasteiger partial charge is 0.189 e. The standard InChI is InChI=1S/C21H21FO3/c22-17-10-12-21-18(15-17)19(23)11-9-16-7-3-4-8-20(16)24-13-5-1-2-6-14-25-21/h3-4,7-12,15H,1-2,5-6,13-14H2/b11-9-. The van der Waals surface area contributed by atoms with Gasteiger partial charge in [-0.1, -0.05) is 18.2 Å². The fourth-order valence-corrected chi connectivity index (χ4v) is 2.75. The van der Waals surface area contributed by atoms with Crippen LogP contribution in [-0.4, -0.2) is 19.0 Å². The van der Waals surface area contributed by atoms with Crippen LogP contribution >= 0.6 is 0 Å². The third-order valence-electron chi connectivity index (χ3n) is 4.09. The molecule has 0 spiro atoms. The van der Waals surface area contributed by atoms with Crippen LogP contribution < -0.4 is 9.47 Å². The molecule has 0 bridgehead atoms. The lowest BCUT2D eigenvalue weighted by atomic mass is 10.1. The molecular formula is C21H21FO3. The van der Waals surface area contributed by atoms with Gasteiger partial charge in [-0.25, -0.2) is 4.39 Å². The molecule has 2 aromatic rings. The highest BCUT2D eigenvalue weighted by Crippen LogP contribution is 2.24. The van der Waals surface area contributed by atoms with Crippen LogP contribution in [0.3, 0.4) is 0 Å². The van der Waals surface area contributed by atoms with E-state index in [0.717, 1.165) is 37.0 Å². The van der Waals surface area contributed by atoms with Crippen molar-refractivity contribution in [1.29, 1.82) is 0 Å². The van der Waals surface area contributed by atoms with Gasteiger partial charge in [0.25, 0.3) is 0 Å².